The summed E-state index contributed by atoms with van der Waals surface area (Å²) in [5.41, 5.74) is 4.15. The maximum Gasteiger partial charge on any atom is 0.231 e. The van der Waals surface area contributed by atoms with Crippen LogP contribution in [0.25, 0.3) is 0 Å². The lowest BCUT2D eigenvalue weighted by molar-refractivity contribution is -0.129. The van der Waals surface area contributed by atoms with Crippen LogP contribution < -0.4 is 11.1 Å². The van der Waals surface area contributed by atoms with Crippen molar-refractivity contribution in [1.29, 1.82) is 0 Å². The Kier molecular flexibility index (Phi) is 7.27. The number of nitrogens with two attached hydrogens (primary N) is 1. The van der Waals surface area contributed by atoms with Crippen molar-refractivity contribution in [2.45, 2.75) is 31.3 Å². The maximum atomic E-state index is 12.3. The molecule has 2 amide bonds. The molecule has 6 nitrogen and oxygen atoms in total. The van der Waals surface area contributed by atoms with Gasteiger partial charge < -0.3 is 16.2 Å². The molecular formula is C16H27N3O3. The minimum Gasteiger partial charge on any atom is -0.387 e. The van der Waals surface area contributed by atoms with Crippen LogP contribution >= 0.6 is 0 Å². The molecule has 22 heavy (non-hydrogen) atoms. The Morgan fingerprint density at radius 3 is 2.55 bits per heavy atom. The summed E-state index contributed by atoms with van der Waals surface area (Å²) in [6.45, 7) is 8.90. The van der Waals surface area contributed by atoms with Crippen LogP contribution in [-0.2, 0) is 9.59 Å². The van der Waals surface area contributed by atoms with Gasteiger partial charge in [-0.05, 0) is 32.2 Å². The van der Waals surface area contributed by atoms with Crippen molar-refractivity contribution in [2.24, 2.45) is 11.7 Å². The Labute approximate surface area is 132 Å². The van der Waals surface area contributed by atoms with Gasteiger partial charge in [-0.3, -0.25) is 14.5 Å². The van der Waals surface area contributed by atoms with Crippen LogP contribution in [0.3, 0.4) is 0 Å². The molecule has 0 spiro atoms. The van der Waals surface area contributed by atoms with Crippen LogP contribution in [0.15, 0.2) is 25.3 Å². The minimum atomic E-state index is -1.04. The summed E-state index contributed by atoms with van der Waals surface area (Å²) in [5, 5.41) is 13.2. The molecule has 1 aliphatic rings. The predicted molar refractivity (Wildman–Crippen MR) is 85.9 cm³/mol. The molecule has 1 heterocycles. The molecule has 1 aliphatic heterocycles. The second kappa shape index (κ2) is 8.70. The number of carbonyl (C=O) groups is 2. The second-order valence-electron chi connectivity index (χ2n) is 5.97. The number of hydrogen-bond acceptors (Lipinski definition) is 4. The van der Waals surface area contributed by atoms with Crippen LogP contribution in [0, 0.1) is 5.92 Å². The van der Waals surface area contributed by atoms with E-state index in [0.29, 0.717) is 19.4 Å². The molecule has 0 aliphatic carbocycles. The van der Waals surface area contributed by atoms with Crippen LogP contribution in [-0.4, -0.2) is 53.6 Å². The highest BCUT2D eigenvalue weighted by atomic mass is 16.3. The molecule has 0 radical (unpaired) electrons. The second-order valence-corrected chi connectivity index (χ2v) is 5.97. The van der Waals surface area contributed by atoms with Gasteiger partial charge in [-0.15, -0.1) is 13.2 Å². The summed E-state index contributed by atoms with van der Waals surface area (Å²) in [6.07, 6.45) is 5.67. The van der Waals surface area contributed by atoms with E-state index in [1.807, 2.05) is 4.90 Å². The molecule has 6 heteroatoms. The van der Waals surface area contributed by atoms with E-state index in [4.69, 9.17) is 5.73 Å². The van der Waals surface area contributed by atoms with Crippen molar-refractivity contribution in [3.05, 3.63) is 25.3 Å². The largest absolute Gasteiger partial charge is 0.387 e. The number of amides is 2. The van der Waals surface area contributed by atoms with Gasteiger partial charge in [-0.2, -0.15) is 0 Å². The van der Waals surface area contributed by atoms with E-state index in [1.54, 1.807) is 12.2 Å². The first-order valence-electron chi connectivity index (χ1n) is 7.63. The number of nitrogens with zero attached hydrogens (tertiary/aromatic N) is 1. The molecule has 1 fully saturated rings. The van der Waals surface area contributed by atoms with E-state index < -0.39 is 5.60 Å². The van der Waals surface area contributed by atoms with Crippen LogP contribution in [0.5, 0.6) is 0 Å². The molecular weight excluding hydrogens is 282 g/mol. The van der Waals surface area contributed by atoms with Gasteiger partial charge in [0, 0.05) is 13.1 Å². The van der Waals surface area contributed by atoms with Crippen molar-refractivity contribution >= 4 is 11.8 Å². The summed E-state index contributed by atoms with van der Waals surface area (Å²) in [4.78, 5) is 25.1. The predicted octanol–water partition coefficient (Wildman–Crippen LogP) is 0.183. The molecule has 4 N–H and O–H groups in total. The zero-order valence-electron chi connectivity index (χ0n) is 13.1. The first-order chi connectivity index (χ1) is 10.4. The number of hydrogen-bond donors (Lipinski definition) is 3. The van der Waals surface area contributed by atoms with Gasteiger partial charge in [0.2, 0.25) is 11.8 Å². The molecule has 1 saturated heterocycles. The van der Waals surface area contributed by atoms with E-state index in [2.05, 4.69) is 18.5 Å². The average Bonchev–Trinajstić information content (AvgIpc) is 2.45. The minimum absolute atomic E-state index is 0.0966. The first kappa shape index (κ1) is 18.4. The molecule has 1 atom stereocenters. The standard InChI is InChI=1S/C16H27N3O3/c1-3-7-16(22,8-4-2)12-18-15(21)13-6-5-9-19(10-13)11-14(17)20/h3-4,13,22H,1-2,5-12H2,(H2,17,20)(H,18,21)/t13-/m0/s1. The molecule has 124 valence electrons. The molecule has 1 rings (SSSR count). The Morgan fingerprint density at radius 1 is 1.36 bits per heavy atom. The van der Waals surface area contributed by atoms with E-state index in [1.165, 1.54) is 0 Å². The van der Waals surface area contributed by atoms with Gasteiger partial charge in [0.1, 0.15) is 0 Å². The molecule has 0 bridgehead atoms. The number of aliphatic hydroxyl groups is 1. The number of piperidine rings is 1. The highest BCUT2D eigenvalue weighted by Crippen LogP contribution is 2.18. The number of primary amides is 1. The van der Waals surface area contributed by atoms with Crippen LogP contribution in [0.2, 0.25) is 0 Å². The van der Waals surface area contributed by atoms with Gasteiger partial charge in [-0.1, -0.05) is 12.2 Å². The Bertz CT molecular complexity index is 413. The van der Waals surface area contributed by atoms with Gasteiger partial charge in [0.25, 0.3) is 0 Å². The topological polar surface area (TPSA) is 95.7 Å². The fourth-order valence-corrected chi connectivity index (χ4v) is 2.79. The van der Waals surface area contributed by atoms with Gasteiger partial charge in [-0.25, -0.2) is 0 Å². The van der Waals surface area contributed by atoms with Gasteiger partial charge in [0.15, 0.2) is 0 Å². The van der Waals surface area contributed by atoms with Gasteiger partial charge in [0.05, 0.1) is 18.1 Å². The highest BCUT2D eigenvalue weighted by molar-refractivity contribution is 5.79. The Hall–Kier alpha value is -1.66. The van der Waals surface area contributed by atoms with Crippen LogP contribution in [0.1, 0.15) is 25.7 Å². The number of likely N-dealkylation sites (tertiary alicyclic amines) is 1. The summed E-state index contributed by atoms with van der Waals surface area (Å²) < 4.78 is 0. The van der Waals surface area contributed by atoms with E-state index >= 15 is 0 Å². The third kappa shape index (κ3) is 5.99. The maximum absolute atomic E-state index is 12.3. The Balaban J connectivity index is 2.51. The Morgan fingerprint density at radius 2 is 2.00 bits per heavy atom. The third-order valence-electron chi connectivity index (χ3n) is 3.90. The lowest BCUT2D eigenvalue weighted by atomic mass is 9.93. The summed E-state index contributed by atoms with van der Waals surface area (Å²) in [7, 11) is 0. The summed E-state index contributed by atoms with van der Waals surface area (Å²) >= 11 is 0. The zero-order valence-corrected chi connectivity index (χ0v) is 13.1. The van der Waals surface area contributed by atoms with Crippen LogP contribution in [0.4, 0.5) is 0 Å². The lowest BCUT2D eigenvalue weighted by Crippen LogP contribution is -2.49. The third-order valence-corrected chi connectivity index (χ3v) is 3.90. The normalized spacial score (nSPS) is 19.4. The number of rotatable bonds is 9. The van der Waals surface area contributed by atoms with Crippen molar-refractivity contribution in [3.8, 4) is 0 Å². The lowest BCUT2D eigenvalue weighted by Gasteiger charge is -2.32. The average molecular weight is 309 g/mol. The summed E-state index contributed by atoms with van der Waals surface area (Å²) in [6, 6.07) is 0. The SMILES string of the molecule is C=CCC(O)(CC=C)CNC(=O)[C@H]1CCCN(CC(N)=O)C1. The monoisotopic (exact) mass is 309 g/mol. The fourth-order valence-electron chi connectivity index (χ4n) is 2.79. The molecule has 0 unspecified atom stereocenters. The van der Waals surface area contributed by atoms with E-state index in [9.17, 15) is 14.7 Å². The smallest absolute Gasteiger partial charge is 0.231 e. The molecule has 0 aromatic carbocycles. The van der Waals surface area contributed by atoms with Gasteiger partial charge >= 0.3 is 0 Å². The van der Waals surface area contributed by atoms with Crippen molar-refractivity contribution in [2.75, 3.05) is 26.2 Å². The highest BCUT2D eigenvalue weighted by Gasteiger charge is 2.29. The summed E-state index contributed by atoms with van der Waals surface area (Å²) in [5.74, 6) is -0.655. The quantitative estimate of drug-likeness (QED) is 0.530. The molecule has 0 aromatic heterocycles. The molecule has 0 saturated carbocycles. The number of carbonyl (C=O) groups excluding carboxylic acids is 2. The van der Waals surface area contributed by atoms with Crippen molar-refractivity contribution in [1.82, 2.24) is 10.2 Å². The van der Waals surface area contributed by atoms with Crippen molar-refractivity contribution in [3.63, 3.8) is 0 Å². The number of nitrogens with one attached hydrogen (secondary N) is 1. The molecule has 0 aromatic rings. The first-order valence-corrected chi connectivity index (χ1v) is 7.63. The van der Waals surface area contributed by atoms with E-state index in [0.717, 1.165) is 19.4 Å². The van der Waals surface area contributed by atoms with Crippen molar-refractivity contribution < 1.29 is 14.7 Å². The van der Waals surface area contributed by atoms with E-state index in [-0.39, 0.29) is 30.8 Å². The zero-order chi connectivity index (χ0) is 16.6. The fraction of sp³-hybridized carbons (Fsp3) is 0.625.